The number of benzene rings is 1. The monoisotopic (exact) mass is 413 g/mol. The van der Waals surface area contributed by atoms with Crippen LogP contribution in [0.15, 0.2) is 59.8 Å². The summed E-state index contributed by atoms with van der Waals surface area (Å²) < 4.78 is 33.3. The first-order chi connectivity index (χ1) is 14.0. The van der Waals surface area contributed by atoms with E-state index in [1.807, 2.05) is 0 Å². The Morgan fingerprint density at radius 3 is 2.66 bits per heavy atom. The summed E-state index contributed by atoms with van der Waals surface area (Å²) in [5.41, 5.74) is 3.23. The first-order valence-corrected chi connectivity index (χ1v) is 10.6. The number of hydrogen-bond acceptors (Lipinski definition) is 6. The van der Waals surface area contributed by atoms with Gasteiger partial charge in [0.25, 0.3) is 10.0 Å². The molecule has 0 atom stereocenters. The summed E-state index contributed by atoms with van der Waals surface area (Å²) >= 11 is 0. The van der Waals surface area contributed by atoms with Crippen LogP contribution in [-0.4, -0.2) is 43.9 Å². The van der Waals surface area contributed by atoms with E-state index >= 15 is 0 Å². The van der Waals surface area contributed by atoms with Gasteiger partial charge >= 0.3 is 0 Å². The fourth-order valence-electron chi connectivity index (χ4n) is 3.27. The second-order valence-electron chi connectivity index (χ2n) is 6.28. The number of pyridine rings is 1. The summed E-state index contributed by atoms with van der Waals surface area (Å²) in [5, 5.41) is 3.27. The number of nitrogens with one attached hydrogen (secondary N) is 1. The topological polar surface area (TPSA) is 90.3 Å². The maximum absolute atomic E-state index is 13.3. The van der Waals surface area contributed by atoms with Gasteiger partial charge < -0.3 is 14.8 Å². The molecule has 0 unspecified atom stereocenters. The largest absolute Gasteiger partial charge is 0.495 e. The average molecular weight is 413 g/mol. The highest BCUT2D eigenvalue weighted by Gasteiger charge is 2.26. The molecule has 1 aliphatic rings. The van der Waals surface area contributed by atoms with E-state index in [1.54, 1.807) is 48.8 Å². The van der Waals surface area contributed by atoms with E-state index in [4.69, 9.17) is 9.53 Å². The van der Waals surface area contributed by atoms with Crippen molar-refractivity contribution in [2.24, 2.45) is 0 Å². The van der Waals surface area contributed by atoms with Gasteiger partial charge in [0.2, 0.25) is 0 Å². The molecule has 2 aromatic heterocycles. The van der Waals surface area contributed by atoms with Crippen molar-refractivity contribution in [2.75, 3.05) is 20.2 Å². The van der Waals surface area contributed by atoms with Crippen molar-refractivity contribution in [3.63, 3.8) is 0 Å². The zero-order valence-electron chi connectivity index (χ0n) is 16.3. The zero-order valence-corrected chi connectivity index (χ0v) is 17.1. The lowest BCUT2D eigenvalue weighted by molar-refractivity contribution is -0.106. The fourth-order valence-corrected chi connectivity index (χ4v) is 4.79. The lowest BCUT2D eigenvalue weighted by Gasteiger charge is -2.13. The maximum atomic E-state index is 13.3. The number of ether oxygens (including phenoxy) is 1. The van der Waals surface area contributed by atoms with Crippen LogP contribution in [0.4, 0.5) is 0 Å². The van der Waals surface area contributed by atoms with Crippen LogP contribution in [-0.2, 0) is 14.8 Å². The minimum Gasteiger partial charge on any atom is -0.495 e. The van der Waals surface area contributed by atoms with E-state index in [-0.39, 0.29) is 4.90 Å². The number of aromatic nitrogens is 2. The summed E-state index contributed by atoms with van der Waals surface area (Å²) in [5.74, 6) is 0.320. The molecule has 0 saturated heterocycles. The lowest BCUT2D eigenvalue weighted by Crippen LogP contribution is -2.20. The average Bonchev–Trinajstić information content (AvgIpc) is 3.15. The first-order valence-electron chi connectivity index (χ1n) is 9.19. The maximum Gasteiger partial charge on any atom is 0.271 e. The first kappa shape index (κ1) is 20.8. The van der Waals surface area contributed by atoms with Gasteiger partial charge in [-0.2, -0.15) is 0 Å². The van der Waals surface area contributed by atoms with Crippen molar-refractivity contribution in [3.8, 4) is 5.75 Å². The van der Waals surface area contributed by atoms with Gasteiger partial charge in [-0.3, -0.25) is 4.98 Å². The molecule has 3 aromatic rings. The second-order valence-corrected chi connectivity index (χ2v) is 8.07. The summed E-state index contributed by atoms with van der Waals surface area (Å²) in [6.07, 6.45) is 7.04. The van der Waals surface area contributed by atoms with Gasteiger partial charge in [0, 0.05) is 24.5 Å². The smallest absolute Gasteiger partial charge is 0.271 e. The predicted molar refractivity (Wildman–Crippen MR) is 113 cm³/mol. The van der Waals surface area contributed by atoms with Crippen molar-refractivity contribution in [1.82, 2.24) is 14.3 Å². The van der Waals surface area contributed by atoms with Gasteiger partial charge in [-0.05, 0) is 49.7 Å². The Morgan fingerprint density at radius 1 is 1.21 bits per heavy atom. The van der Waals surface area contributed by atoms with Gasteiger partial charge in [-0.25, -0.2) is 12.4 Å². The molecule has 7 nitrogen and oxygen atoms in total. The van der Waals surface area contributed by atoms with Crippen molar-refractivity contribution >= 4 is 32.9 Å². The van der Waals surface area contributed by atoms with E-state index in [2.05, 4.69) is 16.4 Å². The molecule has 0 saturated carbocycles. The van der Waals surface area contributed by atoms with Gasteiger partial charge in [0.15, 0.2) is 0 Å². The van der Waals surface area contributed by atoms with Crippen LogP contribution in [0.25, 0.3) is 16.6 Å². The molecule has 152 valence electrons. The molecule has 0 amide bonds. The number of nitrogens with zero attached hydrogens (tertiary/aromatic N) is 2. The van der Waals surface area contributed by atoms with Crippen LogP contribution in [0.2, 0.25) is 0 Å². The molecule has 1 N–H and O–H groups in total. The number of carbonyl (C=O) groups is 1. The summed E-state index contributed by atoms with van der Waals surface area (Å²) in [7, 11) is -2.35. The van der Waals surface area contributed by atoms with Crippen LogP contribution >= 0.6 is 0 Å². The van der Waals surface area contributed by atoms with Gasteiger partial charge in [0.05, 0.1) is 18.1 Å². The van der Waals surface area contributed by atoms with E-state index in [0.717, 1.165) is 36.9 Å². The molecule has 1 aliphatic heterocycles. The Bertz CT molecular complexity index is 1150. The summed E-state index contributed by atoms with van der Waals surface area (Å²) in [4.78, 5) is 13.4. The zero-order chi connectivity index (χ0) is 20.9. The quantitative estimate of drug-likeness (QED) is 0.662. The van der Waals surface area contributed by atoms with E-state index < -0.39 is 10.0 Å². The van der Waals surface area contributed by atoms with Gasteiger partial charge in [-0.15, -0.1) is 0 Å². The summed E-state index contributed by atoms with van der Waals surface area (Å²) in [6.45, 7) is 3.08. The molecule has 29 heavy (non-hydrogen) atoms. The molecule has 8 heteroatoms. The van der Waals surface area contributed by atoms with Crippen molar-refractivity contribution in [2.45, 2.75) is 18.2 Å². The SMILES string of the molecule is CC=O.COc1ccccc1S(=O)(=O)n1cc(C2=CCNCC2)c2ncccc21. The number of hydrogen-bond donors (Lipinski definition) is 1. The van der Waals surface area contributed by atoms with Crippen LogP contribution in [0.3, 0.4) is 0 Å². The fraction of sp³-hybridized carbons (Fsp3) is 0.238. The number of fused-ring (bicyclic) bond motifs is 1. The molecular formula is C21H23N3O4S. The third-order valence-electron chi connectivity index (χ3n) is 4.54. The Balaban J connectivity index is 0.000000755. The van der Waals surface area contributed by atoms with Crippen LogP contribution in [0.1, 0.15) is 18.9 Å². The van der Waals surface area contributed by atoms with Crippen LogP contribution < -0.4 is 10.1 Å². The number of para-hydroxylation sites is 1. The van der Waals surface area contributed by atoms with Crippen molar-refractivity contribution in [1.29, 1.82) is 0 Å². The molecule has 0 fully saturated rings. The Kier molecular flexibility index (Phi) is 6.46. The Hall–Kier alpha value is -2.97. The molecule has 1 aromatic carbocycles. The molecule has 0 aliphatic carbocycles. The molecule has 0 bridgehead atoms. The third-order valence-corrected chi connectivity index (χ3v) is 6.25. The minimum atomic E-state index is -3.82. The highest BCUT2D eigenvalue weighted by molar-refractivity contribution is 7.90. The van der Waals surface area contributed by atoms with E-state index in [1.165, 1.54) is 18.0 Å². The van der Waals surface area contributed by atoms with E-state index in [9.17, 15) is 8.42 Å². The van der Waals surface area contributed by atoms with Gasteiger partial charge in [-0.1, -0.05) is 18.2 Å². The van der Waals surface area contributed by atoms with Crippen molar-refractivity contribution in [3.05, 3.63) is 60.4 Å². The second kappa shape index (κ2) is 9.02. The standard InChI is InChI=1S/C19H19N3O3S.C2H4O/c1-25-17-6-2-3-7-18(17)26(23,24)22-13-15(14-8-11-20-12-9-14)19-16(22)5-4-10-21-19;1-2-3/h2-8,10,13,20H,9,11-12H2,1H3;2H,1H3. The normalized spacial score (nSPS) is 13.9. The Labute approximate surface area is 170 Å². The minimum absolute atomic E-state index is 0.133. The molecule has 0 spiro atoms. The lowest BCUT2D eigenvalue weighted by atomic mass is 10.0. The molecule has 3 heterocycles. The van der Waals surface area contributed by atoms with Crippen LogP contribution in [0, 0.1) is 0 Å². The molecule has 4 rings (SSSR count). The van der Waals surface area contributed by atoms with E-state index in [0.29, 0.717) is 16.8 Å². The number of rotatable bonds is 4. The van der Waals surface area contributed by atoms with Gasteiger partial charge in [0.1, 0.15) is 16.9 Å². The number of carbonyl (C=O) groups excluding carboxylic acids is 1. The molecular weight excluding hydrogens is 390 g/mol. The summed E-state index contributed by atoms with van der Waals surface area (Å²) in [6, 6.07) is 10.2. The third kappa shape index (κ3) is 4.08. The van der Waals surface area contributed by atoms with Crippen LogP contribution in [0.5, 0.6) is 5.75 Å². The number of methoxy groups -OCH3 is 1. The Morgan fingerprint density at radius 2 is 1.97 bits per heavy atom. The highest BCUT2D eigenvalue weighted by atomic mass is 32.2. The number of aldehydes is 1. The van der Waals surface area contributed by atoms with Crippen molar-refractivity contribution < 1.29 is 17.9 Å². The highest BCUT2D eigenvalue weighted by Crippen LogP contribution is 2.33. The predicted octanol–water partition coefficient (Wildman–Crippen LogP) is 2.86. The molecule has 0 radical (unpaired) electrons.